The van der Waals surface area contributed by atoms with Gasteiger partial charge in [0.2, 0.25) is 5.91 Å². The Morgan fingerprint density at radius 1 is 1.39 bits per heavy atom. The molecule has 0 radical (unpaired) electrons. The van der Waals surface area contributed by atoms with Gasteiger partial charge in [-0.2, -0.15) is 0 Å². The SMILES string of the molecule is CCC(C)(C(=O)N(C)C(C)C(C)(C)C)C(N)=NO. The average Bonchev–Trinajstić information content (AvgIpc) is 2.32. The van der Waals surface area contributed by atoms with Gasteiger partial charge in [0.1, 0.15) is 5.41 Å². The molecule has 0 aliphatic carbocycles. The quantitative estimate of drug-likeness (QED) is 0.350. The van der Waals surface area contributed by atoms with Gasteiger partial charge in [-0.15, -0.1) is 0 Å². The van der Waals surface area contributed by atoms with Crippen molar-refractivity contribution in [1.82, 2.24) is 4.90 Å². The van der Waals surface area contributed by atoms with Crippen molar-refractivity contribution in [1.29, 1.82) is 0 Å². The molecule has 0 saturated heterocycles. The van der Waals surface area contributed by atoms with Crippen LogP contribution in [0.2, 0.25) is 0 Å². The number of oxime groups is 1. The van der Waals surface area contributed by atoms with Gasteiger partial charge in [-0.25, -0.2) is 0 Å². The van der Waals surface area contributed by atoms with E-state index in [2.05, 4.69) is 25.9 Å². The van der Waals surface area contributed by atoms with Gasteiger partial charge in [-0.1, -0.05) is 32.9 Å². The van der Waals surface area contributed by atoms with Crippen LogP contribution in [-0.2, 0) is 4.79 Å². The number of carbonyl (C=O) groups is 1. The third-order valence-corrected chi connectivity index (χ3v) is 4.01. The normalized spacial score (nSPS) is 18.1. The number of amidine groups is 1. The Balaban J connectivity index is 5.26. The van der Waals surface area contributed by atoms with Crippen LogP contribution in [0.15, 0.2) is 5.16 Å². The van der Waals surface area contributed by atoms with Crippen molar-refractivity contribution in [3.63, 3.8) is 0 Å². The van der Waals surface area contributed by atoms with Crippen LogP contribution in [0.1, 0.15) is 48.0 Å². The van der Waals surface area contributed by atoms with Gasteiger partial charge in [0.05, 0.1) is 0 Å². The lowest BCUT2D eigenvalue weighted by Crippen LogP contribution is -2.53. The molecule has 0 heterocycles. The topological polar surface area (TPSA) is 78.9 Å². The molecule has 0 bridgehead atoms. The van der Waals surface area contributed by atoms with Crippen LogP contribution >= 0.6 is 0 Å². The Hall–Kier alpha value is -1.26. The number of carbonyl (C=O) groups excluding carboxylic acids is 1. The Kier molecular flexibility index (Phi) is 5.20. The number of hydrogen-bond donors (Lipinski definition) is 2. The van der Waals surface area contributed by atoms with Gasteiger partial charge in [0.25, 0.3) is 0 Å². The van der Waals surface area contributed by atoms with Gasteiger partial charge >= 0.3 is 0 Å². The molecule has 5 heteroatoms. The van der Waals surface area contributed by atoms with Crippen molar-refractivity contribution >= 4 is 11.7 Å². The van der Waals surface area contributed by atoms with E-state index in [1.807, 2.05) is 13.8 Å². The fraction of sp³-hybridized carbons (Fsp3) is 0.846. The summed E-state index contributed by atoms with van der Waals surface area (Å²) in [4.78, 5) is 14.2. The number of nitrogens with zero attached hydrogens (tertiary/aromatic N) is 2. The third kappa shape index (κ3) is 3.15. The monoisotopic (exact) mass is 257 g/mol. The van der Waals surface area contributed by atoms with Crippen LogP contribution in [0.5, 0.6) is 0 Å². The van der Waals surface area contributed by atoms with Crippen molar-refractivity contribution in [2.24, 2.45) is 21.7 Å². The Morgan fingerprint density at radius 3 is 2.11 bits per heavy atom. The van der Waals surface area contributed by atoms with Gasteiger partial charge in [0.15, 0.2) is 5.84 Å². The lowest BCUT2D eigenvalue weighted by molar-refractivity contribution is -0.140. The Morgan fingerprint density at radius 2 is 1.83 bits per heavy atom. The fourth-order valence-electron chi connectivity index (χ4n) is 1.70. The summed E-state index contributed by atoms with van der Waals surface area (Å²) in [5.74, 6) is -0.161. The van der Waals surface area contributed by atoms with Crippen LogP contribution in [0.3, 0.4) is 0 Å². The molecular weight excluding hydrogens is 230 g/mol. The highest BCUT2D eigenvalue weighted by Crippen LogP contribution is 2.29. The predicted molar refractivity (Wildman–Crippen MR) is 73.5 cm³/mol. The number of rotatable bonds is 4. The van der Waals surface area contributed by atoms with E-state index < -0.39 is 5.41 Å². The summed E-state index contributed by atoms with van der Waals surface area (Å²) in [6.07, 6.45) is 0.489. The molecule has 0 saturated carbocycles. The van der Waals surface area contributed by atoms with E-state index in [4.69, 9.17) is 10.9 Å². The molecule has 2 atom stereocenters. The highest BCUT2D eigenvalue weighted by Gasteiger charge is 2.41. The van der Waals surface area contributed by atoms with Gasteiger partial charge in [-0.3, -0.25) is 4.79 Å². The third-order valence-electron chi connectivity index (χ3n) is 4.01. The first-order valence-electron chi connectivity index (χ1n) is 6.27. The van der Waals surface area contributed by atoms with E-state index in [0.717, 1.165) is 0 Å². The highest BCUT2D eigenvalue weighted by atomic mass is 16.4. The number of hydrogen-bond acceptors (Lipinski definition) is 3. The standard InChI is InChI=1S/C13H27N3O2/c1-8-13(6,10(14)15-18)11(17)16(7)9(2)12(3,4)5/h9,18H,8H2,1-7H3,(H2,14,15). The molecule has 0 aromatic rings. The molecule has 0 spiro atoms. The minimum Gasteiger partial charge on any atom is -0.409 e. The van der Waals surface area contributed by atoms with E-state index in [0.29, 0.717) is 6.42 Å². The average molecular weight is 257 g/mol. The molecule has 0 aliphatic heterocycles. The lowest BCUT2D eigenvalue weighted by atomic mass is 9.81. The second-order valence-electron chi connectivity index (χ2n) is 6.13. The van der Waals surface area contributed by atoms with Crippen LogP contribution in [0, 0.1) is 10.8 Å². The Bertz CT molecular complexity index is 334. The first-order chi connectivity index (χ1) is 8.02. The van der Waals surface area contributed by atoms with E-state index in [1.54, 1.807) is 18.9 Å². The first-order valence-corrected chi connectivity index (χ1v) is 6.27. The van der Waals surface area contributed by atoms with E-state index in [9.17, 15) is 4.79 Å². The molecule has 0 fully saturated rings. The van der Waals surface area contributed by atoms with E-state index in [-0.39, 0.29) is 23.2 Å². The molecule has 0 rings (SSSR count). The van der Waals surface area contributed by atoms with Crippen molar-refractivity contribution in [3.05, 3.63) is 0 Å². The molecule has 106 valence electrons. The molecule has 5 nitrogen and oxygen atoms in total. The van der Waals surface area contributed by atoms with Crippen molar-refractivity contribution < 1.29 is 10.0 Å². The summed E-state index contributed by atoms with van der Waals surface area (Å²) in [7, 11) is 1.76. The number of amides is 1. The van der Waals surface area contributed by atoms with Crippen LogP contribution in [0.4, 0.5) is 0 Å². The smallest absolute Gasteiger partial charge is 0.236 e. The summed E-state index contributed by atoms with van der Waals surface area (Å²) in [6, 6.07) is 0.0577. The second kappa shape index (κ2) is 5.59. The summed E-state index contributed by atoms with van der Waals surface area (Å²) < 4.78 is 0. The molecule has 3 N–H and O–H groups in total. The van der Waals surface area contributed by atoms with Crippen molar-refractivity contribution in [2.45, 2.75) is 54.0 Å². The predicted octanol–water partition coefficient (Wildman–Crippen LogP) is 2.04. The van der Waals surface area contributed by atoms with Gasteiger partial charge in [-0.05, 0) is 25.7 Å². The van der Waals surface area contributed by atoms with Crippen LogP contribution in [-0.4, -0.2) is 34.9 Å². The maximum Gasteiger partial charge on any atom is 0.236 e. The van der Waals surface area contributed by atoms with E-state index >= 15 is 0 Å². The van der Waals surface area contributed by atoms with Gasteiger partial charge in [0, 0.05) is 13.1 Å². The summed E-state index contributed by atoms with van der Waals surface area (Å²) in [5, 5.41) is 11.8. The molecule has 18 heavy (non-hydrogen) atoms. The molecule has 1 amide bonds. The van der Waals surface area contributed by atoms with Gasteiger partial charge < -0.3 is 15.8 Å². The van der Waals surface area contributed by atoms with Crippen LogP contribution in [0.25, 0.3) is 0 Å². The number of nitrogens with two attached hydrogens (primary N) is 1. The summed E-state index contributed by atoms with van der Waals surface area (Å²) in [6.45, 7) is 11.8. The zero-order valence-electron chi connectivity index (χ0n) is 12.6. The second-order valence-corrected chi connectivity index (χ2v) is 6.13. The minimum absolute atomic E-state index is 0.0236. The zero-order chi connectivity index (χ0) is 14.7. The molecular formula is C13H27N3O2. The minimum atomic E-state index is -0.955. The highest BCUT2D eigenvalue weighted by molar-refractivity contribution is 6.06. The lowest BCUT2D eigenvalue weighted by Gasteiger charge is -2.39. The maximum absolute atomic E-state index is 12.5. The summed E-state index contributed by atoms with van der Waals surface area (Å²) in [5.41, 5.74) is 4.68. The Labute approximate surface area is 110 Å². The largest absolute Gasteiger partial charge is 0.409 e. The van der Waals surface area contributed by atoms with Crippen molar-refractivity contribution in [3.8, 4) is 0 Å². The van der Waals surface area contributed by atoms with E-state index in [1.165, 1.54) is 0 Å². The molecule has 2 unspecified atom stereocenters. The maximum atomic E-state index is 12.5. The van der Waals surface area contributed by atoms with Crippen molar-refractivity contribution in [2.75, 3.05) is 7.05 Å². The molecule has 0 aliphatic rings. The summed E-state index contributed by atoms with van der Waals surface area (Å²) >= 11 is 0. The fourth-order valence-corrected chi connectivity index (χ4v) is 1.70. The van der Waals surface area contributed by atoms with Crippen LogP contribution < -0.4 is 5.73 Å². The zero-order valence-corrected chi connectivity index (χ0v) is 12.6. The first kappa shape index (κ1) is 16.7. The molecule has 0 aromatic heterocycles. The molecule has 0 aromatic carbocycles.